The van der Waals surface area contributed by atoms with Crippen molar-refractivity contribution >= 4 is 39.1 Å². The summed E-state index contributed by atoms with van der Waals surface area (Å²) in [5.74, 6) is -0.161. The van der Waals surface area contributed by atoms with Crippen LogP contribution in [0.25, 0.3) is 11.5 Å². The van der Waals surface area contributed by atoms with Crippen molar-refractivity contribution in [2.75, 3.05) is 24.8 Å². The number of nitrogens with zero attached hydrogens (tertiary/aromatic N) is 5. The predicted molar refractivity (Wildman–Crippen MR) is 134 cm³/mol. The topological polar surface area (TPSA) is 192 Å². The van der Waals surface area contributed by atoms with Crippen molar-refractivity contribution in [1.29, 1.82) is 0 Å². The van der Waals surface area contributed by atoms with Gasteiger partial charge in [-0.2, -0.15) is 15.1 Å². The summed E-state index contributed by atoms with van der Waals surface area (Å²) >= 11 is 0. The number of carbonyl (C=O) groups excluding carboxylic acids is 1. The molecule has 0 saturated heterocycles. The quantitative estimate of drug-likeness (QED) is 0.237. The first-order valence-electron chi connectivity index (χ1n) is 10.9. The number of nitrogens with one attached hydrogen (secondary N) is 3. The number of benzene rings is 1. The molecule has 37 heavy (non-hydrogen) atoms. The Morgan fingerprint density at radius 1 is 1.19 bits per heavy atom. The lowest BCUT2D eigenvalue weighted by atomic mass is 10.1. The Hall–Kier alpha value is -4.50. The van der Waals surface area contributed by atoms with Gasteiger partial charge in [0.25, 0.3) is 15.9 Å². The van der Waals surface area contributed by atoms with Gasteiger partial charge in [0.05, 0.1) is 30.2 Å². The molecule has 3 aromatic heterocycles. The van der Waals surface area contributed by atoms with E-state index in [0.717, 1.165) is 6.26 Å². The number of rotatable bonds is 10. The van der Waals surface area contributed by atoms with Crippen LogP contribution in [0.3, 0.4) is 0 Å². The number of anilines is 4. The molecule has 5 N–H and O–H groups in total. The summed E-state index contributed by atoms with van der Waals surface area (Å²) in [6.07, 6.45) is 5.75. The summed E-state index contributed by atoms with van der Waals surface area (Å²) in [7, 11) is -1.11. The van der Waals surface area contributed by atoms with Gasteiger partial charge in [-0.3, -0.25) is 9.48 Å². The maximum absolute atomic E-state index is 12.1. The summed E-state index contributed by atoms with van der Waals surface area (Å²) in [5, 5.41) is 10.1. The zero-order chi connectivity index (χ0) is 26.7. The average molecular weight is 528 g/mol. The van der Waals surface area contributed by atoms with Gasteiger partial charge >= 0.3 is 0 Å². The van der Waals surface area contributed by atoms with Gasteiger partial charge < -0.3 is 25.5 Å². The number of amides is 1. The van der Waals surface area contributed by atoms with Crippen molar-refractivity contribution in [2.24, 2.45) is 5.73 Å². The van der Waals surface area contributed by atoms with Crippen molar-refractivity contribution in [3.05, 3.63) is 48.6 Å². The highest BCUT2D eigenvalue weighted by Gasteiger charge is 2.22. The fraction of sp³-hybridized carbons (Fsp3) is 0.227. The van der Waals surface area contributed by atoms with Gasteiger partial charge in [0.15, 0.2) is 5.75 Å². The predicted octanol–water partition coefficient (Wildman–Crippen LogP) is 2.41. The van der Waals surface area contributed by atoms with Gasteiger partial charge in [-0.25, -0.2) is 18.1 Å². The highest BCUT2D eigenvalue weighted by molar-refractivity contribution is 7.89. The van der Waals surface area contributed by atoms with E-state index < -0.39 is 15.9 Å². The van der Waals surface area contributed by atoms with Crippen LogP contribution in [0.15, 0.2) is 52.5 Å². The van der Waals surface area contributed by atoms with Crippen LogP contribution < -0.4 is 25.8 Å². The number of aromatic nitrogens is 5. The van der Waals surface area contributed by atoms with Gasteiger partial charge in [0.1, 0.15) is 17.6 Å². The van der Waals surface area contributed by atoms with Crippen LogP contribution in [0.4, 0.5) is 23.1 Å². The van der Waals surface area contributed by atoms with E-state index in [4.69, 9.17) is 14.9 Å². The molecule has 15 heteroatoms. The molecule has 1 amide bonds. The minimum atomic E-state index is -3.81. The minimum absolute atomic E-state index is 0.0108. The van der Waals surface area contributed by atoms with E-state index >= 15 is 0 Å². The Bertz CT molecular complexity index is 1550. The molecular formula is C22H25N9O5S. The van der Waals surface area contributed by atoms with E-state index in [1.54, 1.807) is 35.3 Å². The van der Waals surface area contributed by atoms with E-state index in [2.05, 4.69) is 35.4 Å². The maximum atomic E-state index is 12.1. The number of oxazole rings is 1. The molecular weight excluding hydrogens is 502 g/mol. The third kappa shape index (κ3) is 5.36. The first-order valence-corrected chi connectivity index (χ1v) is 12.4. The Balaban J connectivity index is 1.70. The number of sulfonamides is 1. The molecule has 0 fully saturated rings. The molecule has 0 spiro atoms. The monoisotopic (exact) mass is 527 g/mol. The van der Waals surface area contributed by atoms with Gasteiger partial charge in [0, 0.05) is 18.4 Å². The van der Waals surface area contributed by atoms with Gasteiger partial charge in [-0.05, 0) is 33.0 Å². The number of hydrogen-bond acceptors (Lipinski definition) is 11. The summed E-state index contributed by atoms with van der Waals surface area (Å²) in [6.45, 7) is 3.99. The molecule has 0 radical (unpaired) electrons. The second-order valence-electron chi connectivity index (χ2n) is 7.96. The van der Waals surface area contributed by atoms with Crippen LogP contribution in [0.1, 0.15) is 30.2 Å². The van der Waals surface area contributed by atoms with Gasteiger partial charge in [0.2, 0.25) is 16.9 Å². The molecule has 0 bridgehead atoms. The summed E-state index contributed by atoms with van der Waals surface area (Å²) in [5.41, 5.74) is 6.98. The Kier molecular flexibility index (Phi) is 7.08. The molecule has 3 heterocycles. The third-order valence-corrected chi connectivity index (χ3v) is 6.45. The standard InChI is InChI=1S/C22H25N9O5S/c1-12(2)31-10-13(8-26-31)27-22-25-9-15(19(23)32)20(30-22)28-16-7-5-6-14(18(16)35-4)21-29-17(11-36-21)37(33,34)24-3/h5-12,24H,1-4H3,(H2,23,32)(H2,25,27,28,30). The zero-order valence-corrected chi connectivity index (χ0v) is 21.2. The molecule has 0 aliphatic heterocycles. The SMILES string of the molecule is CNS(=O)(=O)c1coc(-c2cccc(Nc3nc(Nc4cnn(C(C)C)c4)ncc3C(N)=O)c2OC)n1. The van der Waals surface area contributed by atoms with Crippen LogP contribution >= 0.6 is 0 Å². The Labute approximate surface area is 212 Å². The molecule has 0 aliphatic carbocycles. The number of nitrogens with two attached hydrogens (primary N) is 1. The first kappa shape index (κ1) is 25.6. The fourth-order valence-corrected chi connectivity index (χ4v) is 3.88. The van der Waals surface area contributed by atoms with E-state index in [-0.39, 0.29) is 40.0 Å². The van der Waals surface area contributed by atoms with Crippen molar-refractivity contribution in [2.45, 2.75) is 24.9 Å². The number of carbonyl (C=O) groups is 1. The minimum Gasteiger partial charge on any atom is -0.494 e. The van der Waals surface area contributed by atoms with Crippen molar-refractivity contribution in [1.82, 2.24) is 29.5 Å². The molecule has 14 nitrogen and oxygen atoms in total. The number of para-hydroxylation sites is 1. The molecule has 4 rings (SSSR count). The average Bonchev–Trinajstić information content (AvgIpc) is 3.55. The molecule has 0 atom stereocenters. The molecule has 194 valence electrons. The summed E-state index contributed by atoms with van der Waals surface area (Å²) in [4.78, 5) is 24.7. The van der Waals surface area contributed by atoms with E-state index in [9.17, 15) is 13.2 Å². The lowest BCUT2D eigenvalue weighted by Crippen LogP contribution is -2.18. The lowest BCUT2D eigenvalue weighted by Gasteiger charge is -2.15. The number of ether oxygens (including phenoxy) is 1. The normalized spacial score (nSPS) is 11.5. The number of hydrogen-bond donors (Lipinski definition) is 4. The van der Waals surface area contributed by atoms with Crippen molar-refractivity contribution in [3.63, 3.8) is 0 Å². The second kappa shape index (κ2) is 10.2. The smallest absolute Gasteiger partial charge is 0.261 e. The zero-order valence-electron chi connectivity index (χ0n) is 20.4. The Morgan fingerprint density at radius 2 is 1.97 bits per heavy atom. The molecule has 0 aliphatic rings. The van der Waals surface area contributed by atoms with Crippen LogP contribution in [0.2, 0.25) is 0 Å². The second-order valence-corrected chi connectivity index (χ2v) is 9.79. The van der Waals surface area contributed by atoms with E-state index in [0.29, 0.717) is 16.9 Å². The fourth-order valence-electron chi connectivity index (χ4n) is 3.29. The lowest BCUT2D eigenvalue weighted by molar-refractivity contribution is 0.100. The Morgan fingerprint density at radius 3 is 2.62 bits per heavy atom. The largest absolute Gasteiger partial charge is 0.494 e. The third-order valence-electron chi connectivity index (χ3n) is 5.17. The van der Waals surface area contributed by atoms with E-state index in [1.807, 2.05) is 13.8 Å². The molecule has 0 unspecified atom stereocenters. The summed E-state index contributed by atoms with van der Waals surface area (Å²) < 4.78 is 39.0. The number of methoxy groups -OCH3 is 1. The maximum Gasteiger partial charge on any atom is 0.261 e. The first-order chi connectivity index (χ1) is 17.6. The van der Waals surface area contributed by atoms with Crippen molar-refractivity contribution < 1.29 is 22.4 Å². The van der Waals surface area contributed by atoms with E-state index in [1.165, 1.54) is 20.4 Å². The van der Waals surface area contributed by atoms with Crippen LogP contribution in [0.5, 0.6) is 5.75 Å². The number of primary amides is 1. The molecule has 1 aromatic carbocycles. The highest BCUT2D eigenvalue weighted by atomic mass is 32.2. The highest BCUT2D eigenvalue weighted by Crippen LogP contribution is 2.38. The van der Waals surface area contributed by atoms with Crippen LogP contribution in [0, 0.1) is 0 Å². The van der Waals surface area contributed by atoms with Crippen LogP contribution in [-0.2, 0) is 10.0 Å². The molecule has 4 aromatic rings. The van der Waals surface area contributed by atoms with Gasteiger partial charge in [-0.1, -0.05) is 6.07 Å². The molecule has 0 saturated carbocycles. The van der Waals surface area contributed by atoms with Gasteiger partial charge in [-0.15, -0.1) is 0 Å². The summed E-state index contributed by atoms with van der Waals surface area (Å²) in [6, 6.07) is 5.15. The van der Waals surface area contributed by atoms with Crippen LogP contribution in [-0.4, -0.2) is 53.2 Å². The van der Waals surface area contributed by atoms with Crippen molar-refractivity contribution in [3.8, 4) is 17.2 Å².